The molecule has 1 N–H and O–H groups in total. The van der Waals surface area contributed by atoms with Crippen LogP contribution in [0.2, 0.25) is 0 Å². The van der Waals surface area contributed by atoms with E-state index in [4.69, 9.17) is 4.74 Å². The first-order valence-electron chi connectivity index (χ1n) is 12.0. The SMILES string of the molecule is COc1ccc(N(CC(=O)N(Cc2ccc(F)cc2)[C@H](C)C(=O)NC2CCCCC2)S(C)(=O)=O)cc1. The van der Waals surface area contributed by atoms with Crippen LogP contribution in [-0.2, 0) is 26.2 Å². The highest BCUT2D eigenvalue weighted by atomic mass is 32.2. The number of carbonyl (C=O) groups is 2. The third kappa shape index (κ3) is 7.43. The van der Waals surface area contributed by atoms with Gasteiger partial charge in [-0.2, -0.15) is 0 Å². The average molecular weight is 520 g/mol. The molecule has 10 heteroatoms. The molecule has 0 aromatic heterocycles. The number of halogens is 1. The molecule has 0 spiro atoms. The van der Waals surface area contributed by atoms with Gasteiger partial charge in [0.1, 0.15) is 24.2 Å². The van der Waals surface area contributed by atoms with Gasteiger partial charge in [0.2, 0.25) is 21.8 Å². The lowest BCUT2D eigenvalue weighted by atomic mass is 9.95. The molecule has 1 atom stereocenters. The fourth-order valence-electron chi connectivity index (χ4n) is 4.30. The lowest BCUT2D eigenvalue weighted by Gasteiger charge is -2.33. The Labute approximate surface area is 212 Å². The molecule has 0 radical (unpaired) electrons. The van der Waals surface area contributed by atoms with Crippen molar-refractivity contribution >= 4 is 27.5 Å². The van der Waals surface area contributed by atoms with Crippen LogP contribution < -0.4 is 14.4 Å². The Morgan fingerprint density at radius 1 is 1.06 bits per heavy atom. The van der Waals surface area contributed by atoms with Crippen molar-refractivity contribution in [3.63, 3.8) is 0 Å². The average Bonchev–Trinajstić information content (AvgIpc) is 2.86. The van der Waals surface area contributed by atoms with Crippen LogP contribution in [0.15, 0.2) is 48.5 Å². The maximum absolute atomic E-state index is 13.5. The van der Waals surface area contributed by atoms with Gasteiger partial charge in [-0.1, -0.05) is 31.4 Å². The number of rotatable bonds is 10. The number of benzene rings is 2. The minimum atomic E-state index is -3.82. The highest BCUT2D eigenvalue weighted by molar-refractivity contribution is 7.92. The summed E-state index contributed by atoms with van der Waals surface area (Å²) in [5, 5.41) is 3.04. The van der Waals surface area contributed by atoms with Gasteiger partial charge in [0.25, 0.3) is 0 Å². The molecule has 2 aromatic rings. The fourth-order valence-corrected chi connectivity index (χ4v) is 5.15. The highest BCUT2D eigenvalue weighted by Crippen LogP contribution is 2.23. The van der Waals surface area contributed by atoms with Gasteiger partial charge in [0, 0.05) is 12.6 Å². The number of methoxy groups -OCH3 is 1. The van der Waals surface area contributed by atoms with Crippen LogP contribution in [0.3, 0.4) is 0 Å². The van der Waals surface area contributed by atoms with Crippen LogP contribution in [0.1, 0.15) is 44.6 Å². The second kappa shape index (κ2) is 12.2. The summed E-state index contributed by atoms with van der Waals surface area (Å²) < 4.78 is 44.8. The Bertz CT molecular complexity index is 1130. The zero-order valence-corrected chi connectivity index (χ0v) is 21.8. The summed E-state index contributed by atoms with van der Waals surface area (Å²) >= 11 is 0. The number of hydrogen-bond donors (Lipinski definition) is 1. The molecule has 0 unspecified atom stereocenters. The molecule has 0 saturated heterocycles. The van der Waals surface area contributed by atoms with Gasteiger partial charge >= 0.3 is 0 Å². The lowest BCUT2D eigenvalue weighted by molar-refractivity contribution is -0.139. The third-order valence-electron chi connectivity index (χ3n) is 6.42. The van der Waals surface area contributed by atoms with E-state index in [2.05, 4.69) is 5.32 Å². The molecule has 8 nitrogen and oxygen atoms in total. The molecule has 196 valence electrons. The topological polar surface area (TPSA) is 96.0 Å². The predicted molar refractivity (Wildman–Crippen MR) is 137 cm³/mol. The van der Waals surface area contributed by atoms with E-state index >= 15 is 0 Å². The standard InChI is InChI=1S/C26H34FN3O5S/c1-19(26(32)28-22-7-5-4-6-8-22)29(17-20-9-11-21(27)12-10-20)25(31)18-30(36(3,33)34)23-13-15-24(35-2)16-14-23/h9-16,19,22H,4-8,17-18H2,1-3H3,(H,28,32)/t19-/m1/s1. The Morgan fingerprint density at radius 3 is 2.22 bits per heavy atom. The number of amides is 2. The van der Waals surface area contributed by atoms with Crippen molar-refractivity contribution in [1.82, 2.24) is 10.2 Å². The van der Waals surface area contributed by atoms with E-state index in [0.29, 0.717) is 17.0 Å². The molecule has 1 saturated carbocycles. The number of sulfonamides is 1. The van der Waals surface area contributed by atoms with Crippen LogP contribution in [0.25, 0.3) is 0 Å². The highest BCUT2D eigenvalue weighted by Gasteiger charge is 2.31. The van der Waals surface area contributed by atoms with Gasteiger partial charge in [-0.3, -0.25) is 13.9 Å². The van der Waals surface area contributed by atoms with Gasteiger partial charge < -0.3 is 15.0 Å². The number of carbonyl (C=O) groups excluding carboxylic acids is 2. The molecule has 3 rings (SSSR count). The zero-order chi connectivity index (χ0) is 26.3. The second-order valence-corrected chi connectivity index (χ2v) is 11.0. The normalized spacial score (nSPS) is 15.1. The largest absolute Gasteiger partial charge is 0.497 e. The molecule has 1 aliphatic carbocycles. The summed E-state index contributed by atoms with van der Waals surface area (Å²) in [4.78, 5) is 28.0. The van der Waals surface area contributed by atoms with Crippen molar-refractivity contribution in [3.8, 4) is 5.75 Å². The van der Waals surface area contributed by atoms with E-state index in [0.717, 1.165) is 42.7 Å². The summed E-state index contributed by atoms with van der Waals surface area (Å²) in [6, 6.07) is 11.2. The Balaban J connectivity index is 1.85. The van der Waals surface area contributed by atoms with E-state index in [9.17, 15) is 22.4 Å². The minimum Gasteiger partial charge on any atom is -0.497 e. The van der Waals surface area contributed by atoms with E-state index in [-0.39, 0.29) is 18.5 Å². The van der Waals surface area contributed by atoms with Gasteiger partial charge in [-0.25, -0.2) is 12.8 Å². The Hall–Kier alpha value is -3.14. The molecule has 0 heterocycles. The first kappa shape index (κ1) is 27.4. The maximum atomic E-state index is 13.5. The van der Waals surface area contributed by atoms with E-state index in [1.807, 2.05) is 0 Å². The summed E-state index contributed by atoms with van der Waals surface area (Å²) in [7, 11) is -2.32. The molecular weight excluding hydrogens is 485 g/mol. The van der Waals surface area contributed by atoms with Gasteiger partial charge in [0.15, 0.2) is 0 Å². The van der Waals surface area contributed by atoms with Crippen LogP contribution in [-0.4, -0.2) is 57.1 Å². The van der Waals surface area contributed by atoms with Crippen LogP contribution in [0.4, 0.5) is 10.1 Å². The molecule has 36 heavy (non-hydrogen) atoms. The van der Waals surface area contributed by atoms with Crippen molar-refractivity contribution in [2.75, 3.05) is 24.2 Å². The Morgan fingerprint density at radius 2 is 1.67 bits per heavy atom. The number of ether oxygens (including phenoxy) is 1. The summed E-state index contributed by atoms with van der Waals surface area (Å²) in [5.74, 6) is -0.716. The van der Waals surface area contributed by atoms with E-state index < -0.39 is 34.3 Å². The van der Waals surface area contributed by atoms with Crippen LogP contribution >= 0.6 is 0 Å². The molecule has 1 fully saturated rings. The number of hydrogen-bond acceptors (Lipinski definition) is 5. The van der Waals surface area contributed by atoms with Crippen molar-refractivity contribution < 1.29 is 27.1 Å². The Kier molecular flexibility index (Phi) is 9.31. The smallest absolute Gasteiger partial charge is 0.244 e. The molecule has 2 aromatic carbocycles. The lowest BCUT2D eigenvalue weighted by Crippen LogP contribution is -2.52. The first-order valence-corrected chi connectivity index (χ1v) is 13.9. The van der Waals surface area contributed by atoms with Crippen molar-refractivity contribution in [2.24, 2.45) is 0 Å². The number of anilines is 1. The monoisotopic (exact) mass is 519 g/mol. The minimum absolute atomic E-state index is 0.0264. The predicted octanol–water partition coefficient (Wildman–Crippen LogP) is 3.47. The molecule has 2 amide bonds. The maximum Gasteiger partial charge on any atom is 0.244 e. The molecular formula is C26H34FN3O5S. The van der Waals surface area contributed by atoms with Crippen molar-refractivity contribution in [1.29, 1.82) is 0 Å². The number of nitrogens with one attached hydrogen (secondary N) is 1. The first-order chi connectivity index (χ1) is 17.1. The van der Waals surface area contributed by atoms with Crippen molar-refractivity contribution in [3.05, 3.63) is 59.9 Å². The van der Waals surface area contributed by atoms with Gasteiger partial charge in [-0.15, -0.1) is 0 Å². The number of nitrogens with zero attached hydrogens (tertiary/aromatic N) is 2. The van der Waals surface area contributed by atoms with E-state index in [1.54, 1.807) is 43.3 Å². The van der Waals surface area contributed by atoms with Crippen molar-refractivity contribution in [2.45, 2.75) is 57.7 Å². The zero-order valence-electron chi connectivity index (χ0n) is 20.9. The van der Waals surface area contributed by atoms with Gasteiger partial charge in [0.05, 0.1) is 19.1 Å². The molecule has 1 aliphatic rings. The summed E-state index contributed by atoms with van der Waals surface area (Å²) in [6.07, 6.45) is 6.04. The summed E-state index contributed by atoms with van der Waals surface area (Å²) in [5.41, 5.74) is 0.921. The third-order valence-corrected chi connectivity index (χ3v) is 7.57. The van der Waals surface area contributed by atoms with Crippen LogP contribution in [0.5, 0.6) is 5.75 Å². The molecule has 0 aliphatic heterocycles. The van der Waals surface area contributed by atoms with Crippen LogP contribution in [0, 0.1) is 5.82 Å². The van der Waals surface area contributed by atoms with E-state index in [1.165, 1.54) is 24.1 Å². The second-order valence-electron chi connectivity index (χ2n) is 9.14. The molecule has 0 bridgehead atoms. The van der Waals surface area contributed by atoms with Gasteiger partial charge in [-0.05, 0) is 61.7 Å². The fraction of sp³-hybridized carbons (Fsp3) is 0.462. The summed E-state index contributed by atoms with van der Waals surface area (Å²) in [6.45, 7) is 1.16. The quantitative estimate of drug-likeness (QED) is 0.519.